The van der Waals surface area contributed by atoms with Gasteiger partial charge in [-0.05, 0) is 42.0 Å². The Hall–Kier alpha value is -1.77. The Bertz CT molecular complexity index is 808. The van der Waals surface area contributed by atoms with Crippen molar-refractivity contribution >= 4 is 31.9 Å². The molecular weight excluding hydrogens is 399 g/mol. The van der Waals surface area contributed by atoms with Gasteiger partial charge in [0, 0.05) is 18.1 Å². The van der Waals surface area contributed by atoms with Gasteiger partial charge in [-0.15, -0.1) is 0 Å². The molecule has 2 rings (SSSR count). The Morgan fingerprint density at radius 2 is 1.71 bits per heavy atom. The number of halogens is 2. The topological polar surface area (TPSA) is 66.5 Å². The van der Waals surface area contributed by atoms with E-state index in [0.29, 0.717) is 6.54 Å². The number of nitrogens with one attached hydrogen (secondary N) is 1. The van der Waals surface area contributed by atoms with Gasteiger partial charge in [-0.25, -0.2) is 17.5 Å². The van der Waals surface area contributed by atoms with E-state index >= 15 is 0 Å². The van der Waals surface area contributed by atoms with E-state index in [1.165, 1.54) is 4.90 Å². The van der Waals surface area contributed by atoms with Crippen molar-refractivity contribution in [2.24, 2.45) is 0 Å². The zero-order valence-electron chi connectivity index (χ0n) is 12.9. The normalized spacial score (nSPS) is 11.3. The van der Waals surface area contributed by atoms with Crippen LogP contribution in [-0.4, -0.2) is 32.8 Å². The molecule has 0 saturated carbocycles. The van der Waals surface area contributed by atoms with Crippen LogP contribution >= 0.6 is 15.9 Å². The predicted molar refractivity (Wildman–Crippen MR) is 92.2 cm³/mol. The maximum absolute atomic E-state index is 12.8. The molecule has 2 aromatic carbocycles. The summed E-state index contributed by atoms with van der Waals surface area (Å²) in [6.45, 7) is -0.00285. The Kier molecular flexibility index (Phi) is 6.09. The number of benzene rings is 2. The van der Waals surface area contributed by atoms with Crippen LogP contribution in [0.2, 0.25) is 0 Å². The second kappa shape index (κ2) is 7.87. The van der Waals surface area contributed by atoms with Crippen LogP contribution in [-0.2, 0) is 21.4 Å². The number of likely N-dealkylation sites (N-methyl/N-ethyl adjacent to an activating group) is 1. The molecule has 0 unspecified atom stereocenters. The molecule has 0 saturated heterocycles. The number of carbonyl (C=O) groups is 1. The molecule has 0 radical (unpaired) electrons. The van der Waals surface area contributed by atoms with E-state index in [4.69, 9.17) is 0 Å². The Morgan fingerprint density at radius 1 is 1.12 bits per heavy atom. The Balaban J connectivity index is 1.94. The number of sulfonamides is 1. The molecule has 0 bridgehead atoms. The van der Waals surface area contributed by atoms with Crippen LogP contribution in [0.1, 0.15) is 5.56 Å². The SMILES string of the molecule is CN(Cc1ccc(Br)cc1)C(=O)CNS(=O)(=O)c1ccc(F)cc1. The van der Waals surface area contributed by atoms with Crippen molar-refractivity contribution in [2.45, 2.75) is 11.4 Å². The van der Waals surface area contributed by atoms with Crippen LogP contribution in [0, 0.1) is 5.82 Å². The van der Waals surface area contributed by atoms with Crippen molar-refractivity contribution in [1.82, 2.24) is 9.62 Å². The van der Waals surface area contributed by atoms with Gasteiger partial charge < -0.3 is 4.90 Å². The van der Waals surface area contributed by atoms with Crippen LogP contribution in [0.5, 0.6) is 0 Å². The zero-order valence-corrected chi connectivity index (χ0v) is 15.3. The van der Waals surface area contributed by atoms with E-state index in [2.05, 4.69) is 20.7 Å². The van der Waals surface area contributed by atoms with Crippen molar-refractivity contribution in [2.75, 3.05) is 13.6 Å². The lowest BCUT2D eigenvalue weighted by molar-refractivity contribution is -0.129. The van der Waals surface area contributed by atoms with Crippen LogP contribution in [0.25, 0.3) is 0 Å². The molecule has 128 valence electrons. The van der Waals surface area contributed by atoms with Crippen molar-refractivity contribution in [3.8, 4) is 0 Å². The summed E-state index contributed by atoms with van der Waals surface area (Å²) in [6.07, 6.45) is 0. The molecule has 0 spiro atoms. The summed E-state index contributed by atoms with van der Waals surface area (Å²) >= 11 is 3.33. The summed E-state index contributed by atoms with van der Waals surface area (Å²) in [4.78, 5) is 13.4. The van der Waals surface area contributed by atoms with Gasteiger partial charge in [0.25, 0.3) is 0 Å². The third kappa shape index (κ3) is 5.12. The smallest absolute Gasteiger partial charge is 0.241 e. The Morgan fingerprint density at radius 3 is 2.29 bits per heavy atom. The third-order valence-electron chi connectivity index (χ3n) is 3.30. The molecule has 0 atom stereocenters. The first kappa shape index (κ1) is 18.6. The average Bonchev–Trinajstić information content (AvgIpc) is 2.55. The molecule has 1 N–H and O–H groups in total. The maximum atomic E-state index is 12.8. The number of rotatable bonds is 6. The first-order valence-electron chi connectivity index (χ1n) is 7.01. The summed E-state index contributed by atoms with van der Waals surface area (Å²) in [5.41, 5.74) is 0.926. The quantitative estimate of drug-likeness (QED) is 0.789. The van der Waals surface area contributed by atoms with E-state index in [9.17, 15) is 17.6 Å². The molecule has 2 aromatic rings. The highest BCUT2D eigenvalue weighted by Crippen LogP contribution is 2.12. The average molecular weight is 415 g/mol. The predicted octanol–water partition coefficient (Wildman–Crippen LogP) is 2.53. The van der Waals surface area contributed by atoms with Crippen molar-refractivity contribution in [3.63, 3.8) is 0 Å². The van der Waals surface area contributed by atoms with Gasteiger partial charge >= 0.3 is 0 Å². The molecule has 8 heteroatoms. The minimum absolute atomic E-state index is 0.0905. The Labute approximate surface area is 148 Å². The van der Waals surface area contributed by atoms with Crippen molar-refractivity contribution in [3.05, 3.63) is 64.4 Å². The largest absolute Gasteiger partial charge is 0.340 e. The van der Waals surface area contributed by atoms with Gasteiger partial charge in [0.2, 0.25) is 15.9 Å². The molecule has 0 aromatic heterocycles. The van der Waals surface area contributed by atoms with Gasteiger partial charge in [-0.1, -0.05) is 28.1 Å². The molecule has 0 heterocycles. The number of nitrogens with zero attached hydrogens (tertiary/aromatic N) is 1. The van der Waals surface area contributed by atoms with E-state index in [-0.39, 0.29) is 17.3 Å². The van der Waals surface area contributed by atoms with Crippen LogP contribution in [0.15, 0.2) is 57.9 Å². The second-order valence-electron chi connectivity index (χ2n) is 5.15. The molecule has 5 nitrogen and oxygen atoms in total. The summed E-state index contributed by atoms with van der Waals surface area (Å²) in [7, 11) is -2.26. The second-order valence-corrected chi connectivity index (χ2v) is 7.84. The molecular formula is C16H16BrFN2O3S. The van der Waals surface area contributed by atoms with Gasteiger partial charge in [0.1, 0.15) is 5.82 Å². The highest BCUT2D eigenvalue weighted by molar-refractivity contribution is 9.10. The third-order valence-corrected chi connectivity index (χ3v) is 5.24. The lowest BCUT2D eigenvalue weighted by atomic mass is 10.2. The first-order valence-corrected chi connectivity index (χ1v) is 9.29. The summed E-state index contributed by atoms with van der Waals surface area (Å²) in [6, 6.07) is 11.9. The number of hydrogen-bond donors (Lipinski definition) is 1. The lowest BCUT2D eigenvalue weighted by Crippen LogP contribution is -2.37. The number of amides is 1. The lowest BCUT2D eigenvalue weighted by Gasteiger charge is -2.17. The summed E-state index contributed by atoms with van der Waals surface area (Å²) < 4.78 is 40.1. The van der Waals surface area contributed by atoms with Gasteiger partial charge in [0.05, 0.1) is 11.4 Å². The minimum atomic E-state index is -3.85. The molecule has 0 aliphatic carbocycles. The van der Waals surface area contributed by atoms with Crippen molar-refractivity contribution in [1.29, 1.82) is 0 Å². The highest BCUT2D eigenvalue weighted by atomic mass is 79.9. The molecule has 24 heavy (non-hydrogen) atoms. The van der Waals surface area contributed by atoms with Gasteiger partial charge in [-0.2, -0.15) is 0 Å². The van der Waals surface area contributed by atoms with E-state index < -0.39 is 15.8 Å². The van der Waals surface area contributed by atoms with Crippen molar-refractivity contribution < 1.29 is 17.6 Å². The minimum Gasteiger partial charge on any atom is -0.340 e. The molecule has 1 amide bonds. The zero-order chi connectivity index (χ0) is 17.7. The fraction of sp³-hybridized carbons (Fsp3) is 0.188. The van der Waals surface area contributed by atoms with E-state index in [1.807, 2.05) is 24.3 Å². The van der Waals surface area contributed by atoms with Gasteiger partial charge in [-0.3, -0.25) is 4.79 Å². The van der Waals surface area contributed by atoms with Crippen LogP contribution < -0.4 is 4.72 Å². The summed E-state index contributed by atoms with van der Waals surface area (Å²) in [5.74, 6) is -0.900. The van der Waals surface area contributed by atoms with Crippen LogP contribution in [0.4, 0.5) is 4.39 Å². The molecule has 0 aliphatic rings. The summed E-state index contributed by atoms with van der Waals surface area (Å²) in [5, 5.41) is 0. The van der Waals surface area contributed by atoms with E-state index in [1.54, 1.807) is 7.05 Å². The molecule has 0 fully saturated rings. The first-order chi connectivity index (χ1) is 11.3. The van der Waals surface area contributed by atoms with Crippen LogP contribution in [0.3, 0.4) is 0 Å². The standard InChI is InChI=1S/C16H16BrFN2O3S/c1-20(11-12-2-4-13(17)5-3-12)16(21)10-19-24(22,23)15-8-6-14(18)7-9-15/h2-9,19H,10-11H2,1H3. The molecule has 0 aliphatic heterocycles. The fourth-order valence-electron chi connectivity index (χ4n) is 1.94. The fourth-order valence-corrected chi connectivity index (χ4v) is 3.18. The monoisotopic (exact) mass is 414 g/mol. The number of hydrogen-bond acceptors (Lipinski definition) is 3. The highest BCUT2D eigenvalue weighted by Gasteiger charge is 2.17. The number of carbonyl (C=O) groups excluding carboxylic acids is 1. The van der Waals surface area contributed by atoms with Gasteiger partial charge in [0.15, 0.2) is 0 Å². The van der Waals surface area contributed by atoms with E-state index in [0.717, 1.165) is 34.3 Å². The maximum Gasteiger partial charge on any atom is 0.241 e.